The Morgan fingerprint density at radius 1 is 1.52 bits per heavy atom. The average molecular weight is 293 g/mol. The molecule has 2 rings (SSSR count). The fourth-order valence-electron chi connectivity index (χ4n) is 2.53. The van der Waals surface area contributed by atoms with Crippen LogP contribution in [0.25, 0.3) is 0 Å². The number of nitrogens with two attached hydrogens (primary N) is 1. The maximum atomic E-state index is 11.2. The number of nitro groups is 1. The zero-order chi connectivity index (χ0) is 15.6. The van der Waals surface area contributed by atoms with Gasteiger partial charge in [-0.05, 0) is 38.8 Å². The molecule has 0 aliphatic carbocycles. The largest absolute Gasteiger partial charge is 0.377 e. The summed E-state index contributed by atoms with van der Waals surface area (Å²) < 4.78 is 5.63. The van der Waals surface area contributed by atoms with Crippen LogP contribution in [-0.4, -0.2) is 29.1 Å². The van der Waals surface area contributed by atoms with Gasteiger partial charge in [-0.15, -0.1) is 0 Å². The molecule has 1 aromatic rings. The van der Waals surface area contributed by atoms with E-state index in [1.807, 2.05) is 13.8 Å². The third kappa shape index (κ3) is 3.69. The summed E-state index contributed by atoms with van der Waals surface area (Å²) in [7, 11) is 0. The van der Waals surface area contributed by atoms with Gasteiger partial charge in [-0.3, -0.25) is 14.9 Å². The third-order valence-corrected chi connectivity index (χ3v) is 3.54. The number of hydrogen-bond donors (Lipinski definition) is 2. The van der Waals surface area contributed by atoms with Crippen molar-refractivity contribution in [2.75, 3.05) is 11.9 Å². The van der Waals surface area contributed by atoms with Crippen LogP contribution in [0.5, 0.6) is 0 Å². The quantitative estimate of drug-likeness (QED) is 0.652. The first kappa shape index (κ1) is 15.2. The summed E-state index contributed by atoms with van der Waals surface area (Å²) in [4.78, 5) is 21.8. The summed E-state index contributed by atoms with van der Waals surface area (Å²) in [5.41, 5.74) is 5.28. The van der Waals surface area contributed by atoms with E-state index >= 15 is 0 Å². The number of nitrogens with one attached hydrogen (secondary N) is 1. The molecule has 1 atom stereocenters. The van der Waals surface area contributed by atoms with Crippen LogP contribution in [0.2, 0.25) is 0 Å². The smallest absolute Gasteiger partial charge is 0.293 e. The molecule has 1 aliphatic rings. The molecule has 1 aliphatic heterocycles. The molecule has 0 aromatic heterocycles. The second kappa shape index (κ2) is 5.69. The van der Waals surface area contributed by atoms with Crippen molar-refractivity contribution in [1.82, 2.24) is 0 Å². The summed E-state index contributed by atoms with van der Waals surface area (Å²) >= 11 is 0. The summed E-state index contributed by atoms with van der Waals surface area (Å²) in [6, 6.07) is 4.31. The standard InChI is InChI=1S/C14H19N3O4/c1-14(2)8-10(5-6-21-14)16-11-4-3-9(13(15)18)7-12(11)17(19)20/h3-4,7,10,16H,5-6,8H2,1-2H3,(H2,15,18). The average Bonchev–Trinajstić information content (AvgIpc) is 2.37. The van der Waals surface area contributed by atoms with Gasteiger partial charge in [-0.2, -0.15) is 0 Å². The van der Waals surface area contributed by atoms with E-state index < -0.39 is 10.8 Å². The van der Waals surface area contributed by atoms with Crippen molar-refractivity contribution in [3.05, 3.63) is 33.9 Å². The molecular formula is C14H19N3O4. The monoisotopic (exact) mass is 293 g/mol. The lowest BCUT2D eigenvalue weighted by Crippen LogP contribution is -2.40. The van der Waals surface area contributed by atoms with Gasteiger partial charge < -0.3 is 15.8 Å². The number of primary amides is 1. The Morgan fingerprint density at radius 2 is 2.24 bits per heavy atom. The first-order valence-electron chi connectivity index (χ1n) is 6.77. The minimum absolute atomic E-state index is 0.0897. The fraction of sp³-hybridized carbons (Fsp3) is 0.500. The van der Waals surface area contributed by atoms with Crippen LogP contribution in [0, 0.1) is 10.1 Å². The van der Waals surface area contributed by atoms with Crippen molar-refractivity contribution in [3.63, 3.8) is 0 Å². The van der Waals surface area contributed by atoms with Crippen molar-refractivity contribution in [3.8, 4) is 0 Å². The third-order valence-electron chi connectivity index (χ3n) is 3.54. The molecule has 1 amide bonds. The molecule has 1 fully saturated rings. The van der Waals surface area contributed by atoms with Gasteiger partial charge in [-0.1, -0.05) is 0 Å². The molecule has 0 spiro atoms. The summed E-state index contributed by atoms with van der Waals surface area (Å²) in [6.07, 6.45) is 1.53. The van der Waals surface area contributed by atoms with Crippen molar-refractivity contribution in [1.29, 1.82) is 0 Å². The molecule has 1 unspecified atom stereocenters. The van der Waals surface area contributed by atoms with E-state index in [-0.39, 0.29) is 22.9 Å². The maximum absolute atomic E-state index is 11.2. The molecule has 0 radical (unpaired) electrons. The highest BCUT2D eigenvalue weighted by Gasteiger charge is 2.30. The van der Waals surface area contributed by atoms with E-state index in [0.717, 1.165) is 12.8 Å². The number of ether oxygens (including phenoxy) is 1. The second-order valence-corrected chi connectivity index (χ2v) is 5.80. The molecular weight excluding hydrogens is 274 g/mol. The van der Waals surface area contributed by atoms with E-state index in [0.29, 0.717) is 12.3 Å². The molecule has 0 bridgehead atoms. The molecule has 1 saturated heterocycles. The van der Waals surface area contributed by atoms with Gasteiger partial charge in [-0.25, -0.2) is 0 Å². The number of carbonyl (C=O) groups excluding carboxylic acids is 1. The maximum Gasteiger partial charge on any atom is 0.293 e. The molecule has 7 heteroatoms. The van der Waals surface area contributed by atoms with E-state index in [4.69, 9.17) is 10.5 Å². The Balaban J connectivity index is 2.23. The van der Waals surface area contributed by atoms with Gasteiger partial charge in [0, 0.05) is 24.3 Å². The SMILES string of the molecule is CC1(C)CC(Nc2ccc(C(N)=O)cc2[N+](=O)[O-])CCO1. The molecule has 1 heterocycles. The van der Waals surface area contributed by atoms with Crippen LogP contribution in [0.1, 0.15) is 37.0 Å². The van der Waals surface area contributed by atoms with Gasteiger partial charge in [0.1, 0.15) is 5.69 Å². The molecule has 114 valence electrons. The number of amides is 1. The molecule has 1 aromatic carbocycles. The van der Waals surface area contributed by atoms with Crippen LogP contribution < -0.4 is 11.1 Å². The fourth-order valence-corrected chi connectivity index (χ4v) is 2.53. The van der Waals surface area contributed by atoms with Gasteiger partial charge in [0.2, 0.25) is 5.91 Å². The number of rotatable bonds is 4. The molecule has 7 nitrogen and oxygen atoms in total. The predicted octanol–water partition coefficient (Wildman–Crippen LogP) is 2.06. The summed E-state index contributed by atoms with van der Waals surface area (Å²) in [5, 5.41) is 14.3. The Morgan fingerprint density at radius 3 is 2.81 bits per heavy atom. The van der Waals surface area contributed by atoms with Crippen molar-refractivity contribution < 1.29 is 14.5 Å². The van der Waals surface area contributed by atoms with Crippen LogP contribution in [-0.2, 0) is 4.74 Å². The predicted molar refractivity (Wildman–Crippen MR) is 78.3 cm³/mol. The highest BCUT2D eigenvalue weighted by molar-refractivity contribution is 5.94. The van der Waals surface area contributed by atoms with Crippen molar-refractivity contribution >= 4 is 17.3 Å². The minimum Gasteiger partial charge on any atom is -0.377 e. The Bertz CT molecular complexity index is 571. The van der Waals surface area contributed by atoms with Crippen LogP contribution >= 0.6 is 0 Å². The first-order valence-corrected chi connectivity index (χ1v) is 6.77. The zero-order valence-electron chi connectivity index (χ0n) is 12.1. The number of carbonyl (C=O) groups is 1. The van der Waals surface area contributed by atoms with Crippen molar-refractivity contribution in [2.24, 2.45) is 5.73 Å². The number of nitrogens with zero attached hydrogens (tertiary/aromatic N) is 1. The highest BCUT2D eigenvalue weighted by atomic mass is 16.6. The number of hydrogen-bond acceptors (Lipinski definition) is 5. The minimum atomic E-state index is -0.683. The number of benzene rings is 1. The van der Waals surface area contributed by atoms with Gasteiger partial charge in [0.15, 0.2) is 0 Å². The van der Waals surface area contributed by atoms with Crippen LogP contribution in [0.3, 0.4) is 0 Å². The molecule has 3 N–H and O–H groups in total. The summed E-state index contributed by atoms with van der Waals surface area (Å²) in [6.45, 7) is 4.59. The van der Waals surface area contributed by atoms with E-state index in [9.17, 15) is 14.9 Å². The Labute approximate surface area is 122 Å². The lowest BCUT2D eigenvalue weighted by Gasteiger charge is -2.36. The highest BCUT2D eigenvalue weighted by Crippen LogP contribution is 2.30. The molecule has 0 saturated carbocycles. The Hall–Kier alpha value is -2.15. The number of anilines is 1. The van der Waals surface area contributed by atoms with E-state index in [1.165, 1.54) is 18.2 Å². The van der Waals surface area contributed by atoms with Gasteiger partial charge >= 0.3 is 0 Å². The van der Waals surface area contributed by atoms with Gasteiger partial charge in [0.25, 0.3) is 5.69 Å². The van der Waals surface area contributed by atoms with Crippen LogP contribution in [0.4, 0.5) is 11.4 Å². The van der Waals surface area contributed by atoms with E-state index in [1.54, 1.807) is 0 Å². The van der Waals surface area contributed by atoms with Crippen molar-refractivity contribution in [2.45, 2.75) is 38.3 Å². The summed E-state index contributed by atoms with van der Waals surface area (Å²) in [5.74, 6) is -0.683. The Kier molecular flexibility index (Phi) is 4.13. The van der Waals surface area contributed by atoms with E-state index in [2.05, 4.69) is 5.32 Å². The topological polar surface area (TPSA) is 107 Å². The molecule has 21 heavy (non-hydrogen) atoms. The second-order valence-electron chi connectivity index (χ2n) is 5.80. The lowest BCUT2D eigenvalue weighted by atomic mass is 9.93. The first-order chi connectivity index (χ1) is 9.78. The zero-order valence-corrected chi connectivity index (χ0v) is 12.1. The lowest BCUT2D eigenvalue weighted by molar-refractivity contribution is -0.384. The van der Waals surface area contributed by atoms with Gasteiger partial charge in [0.05, 0.1) is 10.5 Å². The normalized spacial score (nSPS) is 20.8. The van der Waals surface area contributed by atoms with Crippen LogP contribution in [0.15, 0.2) is 18.2 Å². The number of nitro benzene ring substituents is 1.